The SMILES string of the molecule is NC(=O)[C@H](CCC(=O)O)NC(=O)[C@H](CCCC(=O)O)NC(=O)CCc1ccc(-c2cc(-c3ccccc3)cs2)cc1. The van der Waals surface area contributed by atoms with Crippen LogP contribution in [-0.2, 0) is 30.4 Å². The second-order valence-electron chi connectivity index (χ2n) is 9.56. The van der Waals surface area contributed by atoms with Gasteiger partial charge in [0.2, 0.25) is 17.7 Å². The molecule has 0 aliphatic rings. The summed E-state index contributed by atoms with van der Waals surface area (Å²) in [5.41, 5.74) is 9.58. The van der Waals surface area contributed by atoms with Crippen molar-refractivity contribution < 1.29 is 34.2 Å². The van der Waals surface area contributed by atoms with Crippen molar-refractivity contribution in [3.63, 3.8) is 0 Å². The summed E-state index contributed by atoms with van der Waals surface area (Å²) in [5, 5.41) is 24.9. The van der Waals surface area contributed by atoms with Gasteiger partial charge in [0.1, 0.15) is 12.1 Å². The molecule has 3 aromatic rings. The first-order valence-corrected chi connectivity index (χ1v) is 14.1. The van der Waals surface area contributed by atoms with Gasteiger partial charge in [-0.15, -0.1) is 11.3 Å². The van der Waals surface area contributed by atoms with E-state index in [1.165, 1.54) is 0 Å². The van der Waals surface area contributed by atoms with Crippen LogP contribution in [0.5, 0.6) is 0 Å². The highest BCUT2D eigenvalue weighted by molar-refractivity contribution is 7.14. The van der Waals surface area contributed by atoms with Gasteiger partial charge < -0.3 is 26.6 Å². The van der Waals surface area contributed by atoms with E-state index in [0.717, 1.165) is 27.1 Å². The van der Waals surface area contributed by atoms with Crippen molar-refractivity contribution in [2.75, 3.05) is 0 Å². The van der Waals surface area contributed by atoms with E-state index in [-0.39, 0.29) is 38.5 Å². The Morgan fingerprint density at radius 1 is 0.756 bits per heavy atom. The minimum Gasteiger partial charge on any atom is -0.481 e. The Morgan fingerprint density at radius 3 is 2.07 bits per heavy atom. The molecular weight excluding hydrogens is 546 g/mol. The molecule has 0 radical (unpaired) electrons. The number of carboxylic acid groups (broad SMARTS) is 2. The Morgan fingerprint density at radius 2 is 1.44 bits per heavy atom. The molecule has 216 valence electrons. The lowest BCUT2D eigenvalue weighted by Crippen LogP contribution is -2.53. The lowest BCUT2D eigenvalue weighted by molar-refractivity contribution is -0.138. The maximum atomic E-state index is 12.8. The second-order valence-corrected chi connectivity index (χ2v) is 10.5. The van der Waals surface area contributed by atoms with Crippen molar-refractivity contribution in [3.05, 3.63) is 71.6 Å². The minimum absolute atomic E-state index is 0.0226. The van der Waals surface area contributed by atoms with Gasteiger partial charge in [-0.25, -0.2) is 0 Å². The van der Waals surface area contributed by atoms with Crippen LogP contribution in [0.2, 0.25) is 0 Å². The molecule has 0 unspecified atom stereocenters. The normalized spacial score (nSPS) is 12.2. The molecule has 3 amide bonds. The van der Waals surface area contributed by atoms with Gasteiger partial charge in [0, 0.05) is 24.1 Å². The van der Waals surface area contributed by atoms with Crippen LogP contribution in [0.3, 0.4) is 0 Å². The number of benzene rings is 2. The quantitative estimate of drug-likeness (QED) is 0.172. The molecule has 2 atom stereocenters. The van der Waals surface area contributed by atoms with E-state index in [9.17, 15) is 24.0 Å². The molecule has 0 bridgehead atoms. The monoisotopic (exact) mass is 579 g/mol. The Hall–Kier alpha value is -4.51. The first-order valence-electron chi connectivity index (χ1n) is 13.2. The highest BCUT2D eigenvalue weighted by Crippen LogP contribution is 2.32. The second kappa shape index (κ2) is 15.3. The van der Waals surface area contributed by atoms with Gasteiger partial charge in [-0.3, -0.25) is 24.0 Å². The zero-order chi connectivity index (χ0) is 29.8. The van der Waals surface area contributed by atoms with Crippen LogP contribution in [0, 0.1) is 0 Å². The molecule has 0 saturated carbocycles. The third-order valence-electron chi connectivity index (χ3n) is 6.43. The van der Waals surface area contributed by atoms with E-state index >= 15 is 0 Å². The van der Waals surface area contributed by atoms with Crippen molar-refractivity contribution >= 4 is 41.0 Å². The number of aryl methyl sites for hydroxylation is 1. The third-order valence-corrected chi connectivity index (χ3v) is 7.41. The average Bonchev–Trinajstić information content (AvgIpc) is 3.44. The molecule has 11 heteroatoms. The number of primary amides is 1. The Kier molecular flexibility index (Phi) is 11.6. The summed E-state index contributed by atoms with van der Waals surface area (Å²) < 4.78 is 0. The number of rotatable bonds is 16. The van der Waals surface area contributed by atoms with Gasteiger partial charge in [0.05, 0.1) is 0 Å². The van der Waals surface area contributed by atoms with Gasteiger partial charge in [0.15, 0.2) is 0 Å². The summed E-state index contributed by atoms with van der Waals surface area (Å²) in [6, 6.07) is 17.8. The number of thiophene rings is 1. The zero-order valence-electron chi connectivity index (χ0n) is 22.4. The molecule has 10 nitrogen and oxygen atoms in total. The van der Waals surface area contributed by atoms with Gasteiger partial charge >= 0.3 is 11.9 Å². The minimum atomic E-state index is -1.23. The first-order chi connectivity index (χ1) is 19.6. The van der Waals surface area contributed by atoms with Crippen molar-refractivity contribution in [3.8, 4) is 21.6 Å². The van der Waals surface area contributed by atoms with Crippen LogP contribution in [0.1, 0.15) is 44.1 Å². The fraction of sp³-hybridized carbons (Fsp3) is 0.300. The fourth-order valence-electron chi connectivity index (χ4n) is 4.18. The number of carboxylic acids is 2. The van der Waals surface area contributed by atoms with Crippen LogP contribution in [0.25, 0.3) is 21.6 Å². The van der Waals surface area contributed by atoms with E-state index < -0.39 is 41.7 Å². The Balaban J connectivity index is 1.57. The number of hydrogen-bond donors (Lipinski definition) is 5. The molecule has 0 aliphatic heterocycles. The van der Waals surface area contributed by atoms with E-state index in [1.54, 1.807) is 11.3 Å². The van der Waals surface area contributed by atoms with Crippen LogP contribution in [0.4, 0.5) is 0 Å². The Bertz CT molecular complexity index is 1360. The summed E-state index contributed by atoms with van der Waals surface area (Å²) in [5.74, 6) is -4.26. The van der Waals surface area contributed by atoms with Crippen molar-refractivity contribution in [1.29, 1.82) is 0 Å². The third kappa shape index (κ3) is 10.2. The van der Waals surface area contributed by atoms with Gasteiger partial charge in [-0.05, 0) is 59.4 Å². The molecule has 0 spiro atoms. The molecule has 6 N–H and O–H groups in total. The van der Waals surface area contributed by atoms with Crippen LogP contribution < -0.4 is 16.4 Å². The summed E-state index contributed by atoms with van der Waals surface area (Å²) in [4.78, 5) is 60.1. The number of carbonyl (C=O) groups is 5. The molecule has 1 aromatic heterocycles. The van der Waals surface area contributed by atoms with Gasteiger partial charge in [-0.1, -0.05) is 54.6 Å². The summed E-state index contributed by atoms with van der Waals surface area (Å²) >= 11 is 1.65. The van der Waals surface area contributed by atoms with E-state index in [4.69, 9.17) is 15.9 Å². The molecule has 2 aromatic carbocycles. The van der Waals surface area contributed by atoms with Gasteiger partial charge in [0.25, 0.3) is 0 Å². The molecule has 41 heavy (non-hydrogen) atoms. The number of hydrogen-bond acceptors (Lipinski definition) is 6. The number of carbonyl (C=O) groups excluding carboxylic acids is 3. The number of amides is 3. The molecule has 3 rings (SSSR count). The van der Waals surface area contributed by atoms with Gasteiger partial charge in [-0.2, -0.15) is 0 Å². The van der Waals surface area contributed by atoms with E-state index in [1.807, 2.05) is 42.5 Å². The largest absolute Gasteiger partial charge is 0.481 e. The summed E-state index contributed by atoms with van der Waals surface area (Å²) in [6.45, 7) is 0. The van der Waals surface area contributed by atoms with Crippen molar-refractivity contribution in [2.24, 2.45) is 5.73 Å². The highest BCUT2D eigenvalue weighted by Gasteiger charge is 2.26. The molecule has 0 fully saturated rings. The summed E-state index contributed by atoms with van der Waals surface area (Å²) in [6.07, 6.45) is -0.170. The zero-order valence-corrected chi connectivity index (χ0v) is 23.2. The molecule has 1 heterocycles. The fourth-order valence-corrected chi connectivity index (χ4v) is 5.11. The average molecular weight is 580 g/mol. The maximum Gasteiger partial charge on any atom is 0.303 e. The predicted octanol–water partition coefficient (Wildman–Crippen LogP) is 3.59. The Labute approximate surface area is 241 Å². The number of nitrogens with one attached hydrogen (secondary N) is 2. The summed E-state index contributed by atoms with van der Waals surface area (Å²) in [7, 11) is 0. The number of nitrogens with two attached hydrogens (primary N) is 1. The maximum absolute atomic E-state index is 12.8. The lowest BCUT2D eigenvalue weighted by atomic mass is 10.0. The van der Waals surface area contributed by atoms with E-state index in [2.05, 4.69) is 34.2 Å². The smallest absolute Gasteiger partial charge is 0.303 e. The number of aliphatic carboxylic acids is 2. The van der Waals surface area contributed by atoms with E-state index in [0.29, 0.717) is 6.42 Å². The molecule has 0 saturated heterocycles. The van der Waals surface area contributed by atoms with Crippen molar-refractivity contribution in [2.45, 2.75) is 57.0 Å². The van der Waals surface area contributed by atoms with Crippen LogP contribution in [-0.4, -0.2) is 52.0 Å². The predicted molar refractivity (Wildman–Crippen MR) is 155 cm³/mol. The standard InChI is InChI=1S/C30H33N3O7S/c31-29(39)23(14-16-28(37)38)33-30(40)24(7-4-8-27(35)36)32-26(34)15-11-19-9-12-21(13-10-19)25-17-22(18-41-25)20-5-2-1-3-6-20/h1-3,5-6,9-10,12-13,17-18,23-24H,4,7-8,11,14-16H2,(H2,31,39)(H,32,34)(H,33,40)(H,35,36)(H,37,38)/t23-,24-/m0/s1. The topological polar surface area (TPSA) is 176 Å². The molecule has 0 aliphatic carbocycles. The first kappa shape index (κ1) is 31.0. The van der Waals surface area contributed by atoms with Crippen LogP contribution >= 0.6 is 11.3 Å². The lowest BCUT2D eigenvalue weighted by Gasteiger charge is -2.21. The molecular formula is C30H33N3O7S. The highest BCUT2D eigenvalue weighted by atomic mass is 32.1. The van der Waals surface area contributed by atoms with Crippen molar-refractivity contribution in [1.82, 2.24) is 10.6 Å². The van der Waals surface area contributed by atoms with Crippen LogP contribution in [0.15, 0.2) is 66.0 Å².